The van der Waals surface area contributed by atoms with E-state index in [0.717, 1.165) is 9.87 Å². The molecule has 0 atom stereocenters. The van der Waals surface area contributed by atoms with E-state index in [1.165, 1.54) is 18.8 Å². The van der Waals surface area contributed by atoms with Gasteiger partial charge in [-0.25, -0.2) is 12.7 Å². The molecule has 1 aromatic heterocycles. The second-order valence-corrected chi connectivity index (χ2v) is 8.47. The molecular weight excluding hydrogens is 364 g/mol. The van der Waals surface area contributed by atoms with Crippen LogP contribution in [0.1, 0.15) is 17.0 Å². The summed E-state index contributed by atoms with van der Waals surface area (Å²) in [7, 11) is -0.714. The average Bonchev–Trinajstić information content (AvgIpc) is 2.76. The van der Waals surface area contributed by atoms with Gasteiger partial charge in [0.25, 0.3) is 0 Å². The second-order valence-electron chi connectivity index (χ2n) is 5.98. The van der Waals surface area contributed by atoms with Crippen molar-refractivity contribution in [2.24, 2.45) is 0 Å². The fraction of sp³-hybridized carbons (Fsp3) is 0.375. The molecule has 25 heavy (non-hydrogen) atoms. The highest BCUT2D eigenvalue weighted by Crippen LogP contribution is 2.24. The maximum absolute atomic E-state index is 12.4. The van der Waals surface area contributed by atoms with Gasteiger partial charge in [0.15, 0.2) is 0 Å². The van der Waals surface area contributed by atoms with Crippen LogP contribution >= 0.6 is 11.6 Å². The summed E-state index contributed by atoms with van der Waals surface area (Å²) >= 11 is 6.11. The highest BCUT2D eigenvalue weighted by molar-refractivity contribution is 7.89. The van der Waals surface area contributed by atoms with Gasteiger partial charge in [-0.15, -0.1) is 0 Å². The Labute approximate surface area is 152 Å². The molecule has 136 valence electrons. The Hall–Kier alpha value is -1.90. The van der Waals surface area contributed by atoms with E-state index in [0.29, 0.717) is 22.1 Å². The Morgan fingerprint density at radius 1 is 1.28 bits per heavy atom. The maximum Gasteiger partial charge on any atom is 0.246 e. The summed E-state index contributed by atoms with van der Waals surface area (Å²) in [4.78, 5) is 12.4. The Bertz CT molecular complexity index is 920. The summed E-state index contributed by atoms with van der Waals surface area (Å²) in [5.41, 5.74) is 2.25. The lowest BCUT2D eigenvalue weighted by Gasteiger charge is -2.12. The Balaban J connectivity index is 2.25. The minimum Gasteiger partial charge on any atom is -0.323 e. The van der Waals surface area contributed by atoms with Crippen LogP contribution < -0.4 is 5.32 Å². The summed E-state index contributed by atoms with van der Waals surface area (Å²) in [6.45, 7) is 5.02. The minimum atomic E-state index is -3.63. The number of hydrogen-bond donors (Lipinski definition) is 1. The van der Waals surface area contributed by atoms with Gasteiger partial charge in [-0.2, -0.15) is 5.10 Å². The Kier molecular flexibility index (Phi) is 5.55. The van der Waals surface area contributed by atoms with Gasteiger partial charge in [-0.3, -0.25) is 9.48 Å². The van der Waals surface area contributed by atoms with Crippen molar-refractivity contribution in [3.63, 3.8) is 0 Å². The number of benzene rings is 1. The van der Waals surface area contributed by atoms with Crippen LogP contribution in [0.3, 0.4) is 0 Å². The largest absolute Gasteiger partial charge is 0.323 e. The van der Waals surface area contributed by atoms with E-state index in [-0.39, 0.29) is 17.3 Å². The number of carbonyl (C=O) groups is 1. The van der Waals surface area contributed by atoms with Crippen LogP contribution in [0.5, 0.6) is 0 Å². The molecule has 0 saturated carbocycles. The van der Waals surface area contributed by atoms with Crippen molar-refractivity contribution < 1.29 is 13.2 Å². The number of sulfonamides is 1. The number of carbonyl (C=O) groups excluding carboxylic acids is 1. The van der Waals surface area contributed by atoms with Gasteiger partial charge in [-0.1, -0.05) is 17.7 Å². The quantitative estimate of drug-likeness (QED) is 0.857. The zero-order chi connectivity index (χ0) is 18.9. The first-order valence-electron chi connectivity index (χ1n) is 7.56. The van der Waals surface area contributed by atoms with E-state index < -0.39 is 10.0 Å². The number of hydrogen-bond acceptors (Lipinski definition) is 4. The van der Waals surface area contributed by atoms with Gasteiger partial charge in [-0.05, 0) is 38.5 Å². The molecule has 0 saturated heterocycles. The monoisotopic (exact) mass is 384 g/mol. The van der Waals surface area contributed by atoms with Gasteiger partial charge in [0.2, 0.25) is 15.9 Å². The number of aryl methyl sites for hydroxylation is 2. The van der Waals surface area contributed by atoms with E-state index in [1.807, 2.05) is 13.0 Å². The van der Waals surface area contributed by atoms with E-state index in [2.05, 4.69) is 10.4 Å². The minimum absolute atomic E-state index is 0.111. The summed E-state index contributed by atoms with van der Waals surface area (Å²) in [5, 5.41) is 7.35. The molecule has 1 amide bonds. The van der Waals surface area contributed by atoms with Gasteiger partial charge < -0.3 is 5.32 Å². The highest BCUT2D eigenvalue weighted by atomic mass is 35.5. The van der Waals surface area contributed by atoms with Crippen LogP contribution in [0.15, 0.2) is 23.1 Å². The predicted molar refractivity (Wildman–Crippen MR) is 97.4 cm³/mol. The molecule has 1 aromatic carbocycles. The van der Waals surface area contributed by atoms with Gasteiger partial charge in [0.05, 0.1) is 22.1 Å². The molecular formula is C16H21ClN4O3S. The fourth-order valence-electron chi connectivity index (χ4n) is 2.44. The van der Waals surface area contributed by atoms with Crippen molar-refractivity contribution in [2.75, 3.05) is 19.4 Å². The normalized spacial score (nSPS) is 11.8. The highest BCUT2D eigenvalue weighted by Gasteiger charge is 2.27. The van der Waals surface area contributed by atoms with Crippen molar-refractivity contribution in [3.8, 4) is 0 Å². The molecule has 2 rings (SSSR count). The number of halogens is 1. The third-order valence-electron chi connectivity index (χ3n) is 3.75. The molecule has 0 unspecified atom stereocenters. The topological polar surface area (TPSA) is 84.3 Å². The first kappa shape index (κ1) is 19.4. The summed E-state index contributed by atoms with van der Waals surface area (Å²) < 4.78 is 27.3. The fourth-order valence-corrected chi connectivity index (χ4v) is 3.98. The Morgan fingerprint density at radius 3 is 2.48 bits per heavy atom. The van der Waals surface area contributed by atoms with Gasteiger partial charge in [0.1, 0.15) is 11.4 Å². The maximum atomic E-state index is 12.4. The molecule has 0 bridgehead atoms. The zero-order valence-electron chi connectivity index (χ0n) is 14.8. The number of nitrogens with one attached hydrogen (secondary N) is 1. The van der Waals surface area contributed by atoms with Crippen LogP contribution in [0.4, 0.5) is 5.69 Å². The van der Waals surface area contributed by atoms with Crippen LogP contribution in [0, 0.1) is 20.8 Å². The lowest BCUT2D eigenvalue weighted by atomic mass is 10.2. The molecule has 7 nitrogen and oxygen atoms in total. The SMILES string of the molecule is Cc1ccc(NC(=O)Cn2nc(C)c(S(=O)(=O)N(C)C)c2C)c(Cl)c1. The molecule has 1 heterocycles. The summed E-state index contributed by atoms with van der Waals surface area (Å²) in [6.07, 6.45) is 0. The molecule has 0 aliphatic carbocycles. The molecule has 0 aliphatic rings. The third kappa shape index (κ3) is 4.02. The first-order chi connectivity index (χ1) is 11.5. The van der Waals surface area contributed by atoms with Crippen molar-refractivity contribution in [1.29, 1.82) is 0 Å². The standard InChI is InChI=1S/C16H21ClN4O3S/c1-10-6-7-14(13(17)8-10)18-15(22)9-21-12(3)16(11(2)19-21)25(23,24)20(4)5/h6-8H,9H2,1-5H3,(H,18,22). The zero-order valence-corrected chi connectivity index (χ0v) is 16.4. The second kappa shape index (κ2) is 7.15. The van der Waals surface area contributed by atoms with Crippen molar-refractivity contribution in [2.45, 2.75) is 32.2 Å². The van der Waals surface area contributed by atoms with Crippen molar-refractivity contribution in [3.05, 3.63) is 40.2 Å². The Morgan fingerprint density at radius 2 is 1.92 bits per heavy atom. The lowest BCUT2D eigenvalue weighted by Crippen LogP contribution is -2.24. The van der Waals surface area contributed by atoms with E-state index in [9.17, 15) is 13.2 Å². The van der Waals surface area contributed by atoms with Crippen molar-refractivity contribution in [1.82, 2.24) is 14.1 Å². The van der Waals surface area contributed by atoms with E-state index in [4.69, 9.17) is 11.6 Å². The number of amides is 1. The predicted octanol–water partition coefficient (Wildman–Crippen LogP) is 2.35. The first-order valence-corrected chi connectivity index (χ1v) is 9.38. The number of nitrogens with zero attached hydrogens (tertiary/aromatic N) is 3. The molecule has 1 N–H and O–H groups in total. The smallest absolute Gasteiger partial charge is 0.246 e. The van der Waals surface area contributed by atoms with Crippen LogP contribution in [0.25, 0.3) is 0 Å². The molecule has 0 spiro atoms. The molecule has 0 aliphatic heterocycles. The van der Waals surface area contributed by atoms with E-state index in [1.54, 1.807) is 26.0 Å². The van der Waals surface area contributed by atoms with Crippen LogP contribution in [-0.2, 0) is 21.4 Å². The summed E-state index contributed by atoms with van der Waals surface area (Å²) in [5.74, 6) is -0.342. The number of rotatable bonds is 5. The average molecular weight is 385 g/mol. The molecule has 0 fully saturated rings. The van der Waals surface area contributed by atoms with Gasteiger partial charge >= 0.3 is 0 Å². The van der Waals surface area contributed by atoms with Gasteiger partial charge in [0, 0.05) is 14.1 Å². The van der Waals surface area contributed by atoms with Crippen molar-refractivity contribution >= 4 is 33.2 Å². The molecule has 2 aromatic rings. The molecule has 9 heteroatoms. The third-order valence-corrected chi connectivity index (χ3v) is 6.13. The van der Waals surface area contributed by atoms with Crippen LogP contribution in [0.2, 0.25) is 5.02 Å². The van der Waals surface area contributed by atoms with E-state index >= 15 is 0 Å². The number of anilines is 1. The molecule has 0 radical (unpaired) electrons. The lowest BCUT2D eigenvalue weighted by molar-refractivity contribution is -0.116. The summed E-state index contributed by atoms with van der Waals surface area (Å²) in [6, 6.07) is 5.31. The van der Waals surface area contributed by atoms with Crippen LogP contribution in [-0.4, -0.2) is 42.5 Å². The number of aromatic nitrogens is 2.